The molecule has 12 N–H and O–H groups in total. The van der Waals surface area contributed by atoms with Gasteiger partial charge in [-0.15, -0.1) is 0 Å². The Kier molecular flexibility index (Phi) is 44.4. The lowest BCUT2D eigenvalue weighted by molar-refractivity contribution is -0.379. The first-order chi connectivity index (χ1) is 42.8. The molecule has 17 unspecified atom stereocenters. The van der Waals surface area contributed by atoms with Crippen LogP contribution in [0.1, 0.15) is 174 Å². The van der Waals surface area contributed by atoms with E-state index < -0.39 is 131 Å². The van der Waals surface area contributed by atoms with Crippen molar-refractivity contribution >= 4 is 5.91 Å². The molecule has 3 rings (SSSR count). The molecule has 19 heteroatoms. The Balaban J connectivity index is 1.52. The molecule has 502 valence electrons. The quantitative estimate of drug-likeness (QED) is 0.0206. The average molecular weight is 1240 g/mol. The summed E-state index contributed by atoms with van der Waals surface area (Å²) in [6.45, 7) is 1.52. The van der Waals surface area contributed by atoms with Gasteiger partial charge in [-0.3, -0.25) is 4.79 Å². The van der Waals surface area contributed by atoms with Crippen LogP contribution in [0.4, 0.5) is 0 Å². The van der Waals surface area contributed by atoms with Gasteiger partial charge in [-0.25, -0.2) is 0 Å². The number of rotatable bonds is 47. The van der Waals surface area contributed by atoms with Crippen LogP contribution in [0.25, 0.3) is 0 Å². The minimum absolute atomic E-state index is 0.144. The van der Waals surface area contributed by atoms with Crippen LogP contribution in [0.15, 0.2) is 122 Å². The Morgan fingerprint density at radius 1 is 0.420 bits per heavy atom. The Morgan fingerprint density at radius 3 is 1.27 bits per heavy atom. The minimum Gasteiger partial charge on any atom is -0.394 e. The second kappa shape index (κ2) is 49.8. The van der Waals surface area contributed by atoms with Gasteiger partial charge < -0.3 is 89.9 Å². The lowest BCUT2D eigenvalue weighted by Gasteiger charge is -2.48. The van der Waals surface area contributed by atoms with E-state index in [1.54, 1.807) is 6.08 Å². The summed E-state index contributed by atoms with van der Waals surface area (Å²) in [5.41, 5.74) is 0. The van der Waals surface area contributed by atoms with E-state index in [0.29, 0.717) is 19.3 Å². The highest BCUT2D eigenvalue weighted by atomic mass is 16.8. The van der Waals surface area contributed by atoms with E-state index >= 15 is 0 Å². The van der Waals surface area contributed by atoms with Gasteiger partial charge in [0.1, 0.15) is 73.2 Å². The third kappa shape index (κ3) is 32.0. The largest absolute Gasteiger partial charge is 0.394 e. The molecule has 0 spiro atoms. The molecule has 17 atom stereocenters. The first kappa shape index (κ1) is 78.4. The molecule has 0 radical (unpaired) electrons. The Hall–Kier alpha value is -3.81. The van der Waals surface area contributed by atoms with Crippen molar-refractivity contribution in [3.63, 3.8) is 0 Å². The van der Waals surface area contributed by atoms with E-state index in [0.717, 1.165) is 70.6 Å². The highest BCUT2D eigenvalue weighted by Crippen LogP contribution is 2.33. The number of carbonyl (C=O) groups excluding carboxylic acids is 1. The maximum atomic E-state index is 13.4. The molecule has 3 aliphatic heterocycles. The van der Waals surface area contributed by atoms with Gasteiger partial charge in [-0.1, -0.05) is 193 Å². The van der Waals surface area contributed by atoms with Gasteiger partial charge in [0.15, 0.2) is 18.9 Å². The first-order valence-corrected chi connectivity index (χ1v) is 32.8. The summed E-state index contributed by atoms with van der Waals surface area (Å²) in [7, 11) is 0. The molecule has 0 saturated carbocycles. The minimum atomic E-state index is -1.99. The van der Waals surface area contributed by atoms with Gasteiger partial charge in [0.25, 0.3) is 0 Å². The topological polar surface area (TPSA) is 307 Å². The van der Waals surface area contributed by atoms with Gasteiger partial charge in [-0.05, 0) is 96.3 Å². The fourth-order valence-electron chi connectivity index (χ4n) is 10.2. The summed E-state index contributed by atoms with van der Waals surface area (Å²) in [6.07, 6.45) is 40.3. The van der Waals surface area contributed by atoms with Gasteiger partial charge in [0.05, 0.1) is 38.6 Å². The van der Waals surface area contributed by atoms with E-state index in [1.807, 2.05) is 18.2 Å². The number of nitrogens with one attached hydrogen (secondary N) is 1. The van der Waals surface area contributed by atoms with Crippen molar-refractivity contribution in [3.05, 3.63) is 122 Å². The van der Waals surface area contributed by atoms with Gasteiger partial charge >= 0.3 is 0 Å². The van der Waals surface area contributed by atoms with Crippen LogP contribution < -0.4 is 5.32 Å². The fraction of sp³-hybridized carbons (Fsp3) is 0.696. The number of aliphatic hydroxyl groups excluding tert-OH is 11. The van der Waals surface area contributed by atoms with Gasteiger partial charge in [0, 0.05) is 6.42 Å². The van der Waals surface area contributed by atoms with Gasteiger partial charge in [-0.2, -0.15) is 0 Å². The molecule has 19 nitrogen and oxygen atoms in total. The number of unbranched alkanes of at least 4 members (excludes halogenated alkanes) is 13. The Labute approximate surface area is 525 Å². The summed E-state index contributed by atoms with van der Waals surface area (Å²) >= 11 is 0. The molecule has 3 aliphatic rings. The zero-order valence-corrected chi connectivity index (χ0v) is 52.6. The molecule has 3 fully saturated rings. The van der Waals surface area contributed by atoms with Crippen LogP contribution in [-0.4, -0.2) is 193 Å². The van der Waals surface area contributed by atoms with E-state index in [-0.39, 0.29) is 12.3 Å². The summed E-state index contributed by atoms with van der Waals surface area (Å²) in [4.78, 5) is 13.4. The molecule has 0 aromatic heterocycles. The van der Waals surface area contributed by atoms with Crippen LogP contribution in [0.5, 0.6) is 0 Å². The van der Waals surface area contributed by atoms with Crippen molar-refractivity contribution in [2.45, 2.75) is 279 Å². The zero-order valence-electron chi connectivity index (χ0n) is 52.6. The predicted octanol–water partition coefficient (Wildman–Crippen LogP) is 7.65. The first-order valence-electron chi connectivity index (χ1n) is 32.8. The van der Waals surface area contributed by atoms with E-state index in [1.165, 1.54) is 64.2 Å². The molecular formula is C69H113NO18. The molecule has 0 aromatic carbocycles. The lowest BCUT2D eigenvalue weighted by Crippen LogP contribution is -2.66. The number of hydrogen-bond donors (Lipinski definition) is 12. The highest BCUT2D eigenvalue weighted by molar-refractivity contribution is 5.76. The highest BCUT2D eigenvalue weighted by Gasteiger charge is 2.53. The second-order valence-corrected chi connectivity index (χ2v) is 22.8. The molecule has 3 saturated heterocycles. The van der Waals surface area contributed by atoms with Crippen LogP contribution in [0.2, 0.25) is 0 Å². The van der Waals surface area contributed by atoms with Crippen molar-refractivity contribution < 1.29 is 89.4 Å². The number of aliphatic hydroxyl groups is 11. The number of hydrogen-bond acceptors (Lipinski definition) is 18. The molecule has 3 heterocycles. The molecule has 88 heavy (non-hydrogen) atoms. The zero-order chi connectivity index (χ0) is 64.0. The number of amides is 1. The normalized spacial score (nSPS) is 29.2. The lowest BCUT2D eigenvalue weighted by atomic mass is 9.96. The maximum absolute atomic E-state index is 13.4. The molecular weight excluding hydrogens is 1130 g/mol. The number of carbonyl (C=O) groups is 1. The van der Waals surface area contributed by atoms with E-state index in [2.05, 4.69) is 116 Å². The van der Waals surface area contributed by atoms with Gasteiger partial charge in [0.2, 0.25) is 5.91 Å². The van der Waals surface area contributed by atoms with Crippen LogP contribution in [-0.2, 0) is 33.2 Å². The van der Waals surface area contributed by atoms with Crippen molar-refractivity contribution in [3.8, 4) is 0 Å². The monoisotopic (exact) mass is 1240 g/mol. The Bertz CT molecular complexity index is 2070. The summed E-state index contributed by atoms with van der Waals surface area (Å²) < 4.78 is 34.2. The van der Waals surface area contributed by atoms with E-state index in [4.69, 9.17) is 28.4 Å². The molecule has 1 amide bonds. The summed E-state index contributed by atoms with van der Waals surface area (Å²) in [6, 6.07) is -1.04. The second-order valence-electron chi connectivity index (χ2n) is 22.8. The Morgan fingerprint density at radius 2 is 0.795 bits per heavy atom. The van der Waals surface area contributed by atoms with Crippen LogP contribution >= 0.6 is 0 Å². The maximum Gasteiger partial charge on any atom is 0.220 e. The van der Waals surface area contributed by atoms with Crippen molar-refractivity contribution in [2.75, 3.05) is 26.4 Å². The summed E-state index contributed by atoms with van der Waals surface area (Å²) in [5.74, 6) is -0.353. The van der Waals surface area contributed by atoms with Crippen molar-refractivity contribution in [1.29, 1.82) is 0 Å². The van der Waals surface area contributed by atoms with Crippen molar-refractivity contribution in [2.24, 2.45) is 0 Å². The third-order valence-electron chi connectivity index (χ3n) is 15.5. The molecule has 0 aliphatic carbocycles. The number of ether oxygens (including phenoxy) is 6. The average Bonchev–Trinajstić information content (AvgIpc) is 3.71. The fourth-order valence-corrected chi connectivity index (χ4v) is 10.2. The SMILES string of the molecule is CC/C=C\C/C=C\C/C=C\C/C=C\C/C=C\C/C=C\C/C=C\CCCC(=O)NC(COC1OC(CO)C(OC2OC(CO)C(OC3OC(CO)C(O)C(O)C3O)C(O)C2O)C(O)C1O)C(O)/C=C/CC/C=C/CC/C=C/CCCCCCCCCCCC. The molecule has 0 aromatic rings. The van der Waals surface area contributed by atoms with Crippen molar-refractivity contribution in [1.82, 2.24) is 5.32 Å². The standard InChI is InChI=1S/C69H113NO18/c1-3-5-7-9-11-13-15-17-19-21-23-25-26-27-29-31-33-35-37-39-41-43-45-47-57(75)70-52(53(74)46-44-42-40-38-36-34-32-30-28-24-22-20-18-16-14-12-10-8-6-4-2)51-83-67-63(81)60(78)65(55(49-72)85-67)88-69-64(82)61(79)66(56(50-73)86-69)87-68-62(80)59(77)58(76)54(48-71)84-68/h5,7,11,13,17,19,23,25,27-30,33,35-36,38-39,41,44,46,52-56,58-69,71-74,76-82H,3-4,6,8-10,12,14-16,18,20-22,24,26,31-32,34,37,40,42-43,45,47-51H2,1-2H3,(H,70,75)/b7-5-,13-11-,19-17-,25-23-,29-27-,30-28+,35-33-,38-36+,41-39-,46-44+. The predicted molar refractivity (Wildman–Crippen MR) is 341 cm³/mol. The molecule has 0 bridgehead atoms. The van der Waals surface area contributed by atoms with Crippen LogP contribution in [0.3, 0.4) is 0 Å². The third-order valence-corrected chi connectivity index (χ3v) is 15.5. The smallest absolute Gasteiger partial charge is 0.220 e. The van der Waals surface area contributed by atoms with E-state index in [9.17, 15) is 61.0 Å². The van der Waals surface area contributed by atoms with Crippen LogP contribution in [0, 0.1) is 0 Å². The number of allylic oxidation sites excluding steroid dienone is 19. The summed E-state index contributed by atoms with van der Waals surface area (Å²) in [5, 5.41) is 120.